The summed E-state index contributed by atoms with van der Waals surface area (Å²) in [6.45, 7) is 33.1. The van der Waals surface area contributed by atoms with E-state index in [2.05, 4.69) is 156 Å². The molecule has 0 aromatic heterocycles. The van der Waals surface area contributed by atoms with Gasteiger partial charge in [-0.2, -0.15) is 0 Å². The minimum absolute atomic E-state index is 0.0651. The number of rotatable bonds is 2. The van der Waals surface area contributed by atoms with Gasteiger partial charge >= 0.3 is 0 Å². The quantitative estimate of drug-likeness (QED) is 0.168. The molecule has 0 aliphatic carbocycles. The monoisotopic (exact) mass is 689 g/mol. The Morgan fingerprint density at radius 2 is 0.830 bits per heavy atom. The summed E-state index contributed by atoms with van der Waals surface area (Å²) in [5.41, 5.74) is 30.5. The van der Waals surface area contributed by atoms with Gasteiger partial charge in [0.05, 0.1) is 0 Å². The molecule has 0 spiro atoms. The maximum Gasteiger partial charge on any atom is 0.248 e. The Bertz CT molecular complexity index is 2420. The average Bonchev–Trinajstić information content (AvgIpc) is 3.10. The van der Waals surface area contributed by atoms with Gasteiger partial charge < -0.3 is 4.90 Å². The van der Waals surface area contributed by atoms with Crippen molar-refractivity contribution in [3.05, 3.63) is 122 Å². The van der Waals surface area contributed by atoms with Crippen molar-refractivity contribution in [2.24, 2.45) is 0 Å². The molecular formula is C50H53B2N. The summed E-state index contributed by atoms with van der Waals surface area (Å²) >= 11 is 0. The molecule has 264 valence electrons. The minimum atomic E-state index is -0.172. The summed E-state index contributed by atoms with van der Waals surface area (Å²) in [6.07, 6.45) is 2.09. The molecule has 6 aliphatic heterocycles. The lowest BCUT2D eigenvalue weighted by Crippen LogP contribution is -2.76. The molecule has 3 heteroatoms. The maximum absolute atomic E-state index is 2.84. The zero-order valence-corrected chi connectivity index (χ0v) is 34.3. The van der Waals surface area contributed by atoms with Gasteiger partial charge in [-0.05, 0) is 113 Å². The van der Waals surface area contributed by atoms with Gasteiger partial charge in [-0.3, -0.25) is 0 Å². The smallest absolute Gasteiger partial charge is 0.248 e. The molecule has 6 aliphatic rings. The van der Waals surface area contributed by atoms with Crippen molar-refractivity contribution in [1.82, 2.24) is 0 Å². The van der Waals surface area contributed by atoms with Gasteiger partial charge in [0.2, 0.25) is 13.4 Å². The first-order chi connectivity index (χ1) is 24.9. The van der Waals surface area contributed by atoms with Crippen molar-refractivity contribution in [2.75, 3.05) is 4.90 Å². The summed E-state index contributed by atoms with van der Waals surface area (Å²) in [7, 11) is 0. The molecule has 5 aromatic carbocycles. The van der Waals surface area contributed by atoms with Crippen molar-refractivity contribution in [2.45, 2.75) is 130 Å². The molecule has 53 heavy (non-hydrogen) atoms. The number of fused-ring (bicyclic) bond motifs is 2. The molecule has 0 atom stereocenters. The van der Waals surface area contributed by atoms with Gasteiger partial charge in [0.25, 0.3) is 0 Å². The molecule has 5 aromatic rings. The highest BCUT2D eigenvalue weighted by Crippen LogP contribution is 2.56. The van der Waals surface area contributed by atoms with Crippen molar-refractivity contribution < 1.29 is 0 Å². The van der Waals surface area contributed by atoms with E-state index in [9.17, 15) is 0 Å². The van der Waals surface area contributed by atoms with E-state index in [4.69, 9.17) is 0 Å². The molecule has 6 heterocycles. The number of nitrogens with zero attached hydrogens (tertiary/aromatic N) is 1. The van der Waals surface area contributed by atoms with E-state index >= 15 is 0 Å². The van der Waals surface area contributed by atoms with Gasteiger partial charge in [-0.1, -0.05) is 149 Å². The minimum Gasteiger partial charge on any atom is -0.312 e. The van der Waals surface area contributed by atoms with E-state index in [0.29, 0.717) is 0 Å². The van der Waals surface area contributed by atoms with Crippen LogP contribution in [0.1, 0.15) is 151 Å². The summed E-state index contributed by atoms with van der Waals surface area (Å²) in [5, 5.41) is 0. The van der Waals surface area contributed by atoms with E-state index in [0.717, 1.165) is 12.8 Å². The number of aryl methyl sites for hydroxylation is 2. The molecule has 0 bridgehead atoms. The van der Waals surface area contributed by atoms with Crippen LogP contribution in [-0.2, 0) is 39.9 Å². The number of anilines is 3. The highest BCUT2D eigenvalue weighted by Gasteiger charge is 2.61. The molecule has 0 saturated heterocycles. The van der Waals surface area contributed by atoms with Crippen LogP contribution in [0.3, 0.4) is 0 Å². The van der Waals surface area contributed by atoms with E-state index in [1.807, 2.05) is 0 Å². The molecule has 0 saturated carbocycles. The van der Waals surface area contributed by atoms with Crippen LogP contribution in [0.25, 0.3) is 0 Å². The third-order valence-electron chi connectivity index (χ3n) is 15.5. The van der Waals surface area contributed by atoms with Crippen LogP contribution in [0, 0.1) is 0 Å². The van der Waals surface area contributed by atoms with Crippen LogP contribution < -0.4 is 37.7 Å². The highest BCUT2D eigenvalue weighted by molar-refractivity contribution is 7.04. The van der Waals surface area contributed by atoms with Crippen LogP contribution in [0.4, 0.5) is 17.1 Å². The SMILES string of the molecule is CCc1ccc2c3c1C(C)(C)c1cccc4c1B3c1c3c5c(c(C(C)(C)C)c1C4(C)C)C(C)(C)c1cccc4c1B5c1c(ccc(CC)c1C4(C)C)N23. The Labute approximate surface area is 318 Å². The molecule has 11 rings (SSSR count). The van der Waals surface area contributed by atoms with Gasteiger partial charge in [0.15, 0.2) is 0 Å². The third-order valence-corrected chi connectivity index (χ3v) is 15.5. The van der Waals surface area contributed by atoms with Crippen molar-refractivity contribution in [3.63, 3.8) is 0 Å². The molecule has 0 unspecified atom stereocenters. The molecule has 0 radical (unpaired) electrons. The van der Waals surface area contributed by atoms with Gasteiger partial charge in [-0.15, -0.1) is 0 Å². The fourth-order valence-electron chi connectivity index (χ4n) is 13.7. The largest absolute Gasteiger partial charge is 0.312 e. The Kier molecular flexibility index (Phi) is 5.68. The fourth-order valence-corrected chi connectivity index (χ4v) is 13.7. The standard InChI is InChI=1S/C50H53B2N/c1-14-26-22-24-32-41-34(26)47(6,7)28-18-16-20-30-39(28)51(41)43-37(49(30,10)11)36(46(3,4)5)38-44-45(43)53(32)33-25-23-27(15-2)35-42(33)52(44)40-29(48(35,8)9)19-17-21-31(40)50(38,12)13/h16-25H,14-15H2,1-13H3. The second-order valence-electron chi connectivity index (χ2n) is 20.6. The molecule has 0 amide bonds. The molecule has 0 fully saturated rings. The zero-order chi connectivity index (χ0) is 37.3. The Morgan fingerprint density at radius 3 is 1.17 bits per heavy atom. The summed E-state index contributed by atoms with van der Waals surface area (Å²) < 4.78 is 0. The third kappa shape index (κ3) is 3.28. The second kappa shape index (κ2) is 9.27. The lowest BCUT2D eigenvalue weighted by atomic mass is 9.21. The second-order valence-corrected chi connectivity index (χ2v) is 20.6. The fraction of sp³-hybridized carbons (Fsp3) is 0.400. The number of hydrogen-bond donors (Lipinski definition) is 0. The summed E-state index contributed by atoms with van der Waals surface area (Å²) in [5.74, 6) is 0. The van der Waals surface area contributed by atoms with Gasteiger partial charge in [0, 0.05) is 38.7 Å². The molecule has 1 nitrogen and oxygen atoms in total. The van der Waals surface area contributed by atoms with E-state index in [1.54, 1.807) is 60.6 Å². The first-order valence-corrected chi connectivity index (χ1v) is 20.6. The zero-order valence-electron chi connectivity index (χ0n) is 34.3. The number of benzene rings is 5. The van der Waals surface area contributed by atoms with Crippen LogP contribution in [-0.4, -0.2) is 13.4 Å². The van der Waals surface area contributed by atoms with Crippen LogP contribution in [0.15, 0.2) is 60.7 Å². The van der Waals surface area contributed by atoms with E-state index < -0.39 is 0 Å². The molecule has 0 N–H and O–H groups in total. The first-order valence-electron chi connectivity index (χ1n) is 20.6. The lowest BCUT2D eigenvalue weighted by Gasteiger charge is -2.59. The Hall–Kier alpha value is -3.97. The Balaban J connectivity index is 1.45. The van der Waals surface area contributed by atoms with Gasteiger partial charge in [-0.25, -0.2) is 0 Å². The summed E-state index contributed by atoms with van der Waals surface area (Å²) in [6, 6.07) is 24.8. The summed E-state index contributed by atoms with van der Waals surface area (Å²) in [4.78, 5) is 2.84. The lowest BCUT2D eigenvalue weighted by molar-refractivity contribution is 0.522. The van der Waals surface area contributed by atoms with Crippen molar-refractivity contribution in [3.8, 4) is 0 Å². The topological polar surface area (TPSA) is 3.24 Å². The molecular weight excluding hydrogens is 636 g/mol. The number of hydrogen-bond acceptors (Lipinski definition) is 1. The van der Waals surface area contributed by atoms with Crippen LogP contribution in [0.5, 0.6) is 0 Å². The van der Waals surface area contributed by atoms with Crippen molar-refractivity contribution >= 4 is 63.3 Å². The first kappa shape index (κ1) is 32.5. The average molecular weight is 690 g/mol. The predicted octanol–water partition coefficient (Wildman–Crippen LogP) is 7.80. The van der Waals surface area contributed by atoms with Crippen molar-refractivity contribution in [1.29, 1.82) is 0 Å². The van der Waals surface area contributed by atoms with Crippen LogP contribution >= 0.6 is 0 Å². The van der Waals surface area contributed by atoms with E-state index in [1.165, 1.54) is 50.4 Å². The van der Waals surface area contributed by atoms with E-state index in [-0.39, 0.29) is 40.5 Å². The highest BCUT2D eigenvalue weighted by atomic mass is 15.2. The Morgan fingerprint density at radius 1 is 0.472 bits per heavy atom. The normalized spacial score (nSPS) is 19.7. The van der Waals surface area contributed by atoms with Gasteiger partial charge in [0.1, 0.15) is 0 Å². The van der Waals surface area contributed by atoms with Crippen LogP contribution in [0.2, 0.25) is 0 Å². The predicted molar refractivity (Wildman–Crippen MR) is 229 cm³/mol. The maximum atomic E-state index is 2.84.